The third-order valence-electron chi connectivity index (χ3n) is 3.06. The second kappa shape index (κ2) is 5.96. The summed E-state index contributed by atoms with van der Waals surface area (Å²) in [6.45, 7) is 0.601. The van der Waals surface area contributed by atoms with E-state index >= 15 is 0 Å². The van der Waals surface area contributed by atoms with Crippen molar-refractivity contribution in [2.24, 2.45) is 0 Å². The molecule has 0 bridgehead atoms. The van der Waals surface area contributed by atoms with E-state index in [9.17, 15) is 4.79 Å². The van der Waals surface area contributed by atoms with E-state index in [1.54, 1.807) is 0 Å². The molecular weight excluding hydrogens is 232 g/mol. The minimum absolute atomic E-state index is 0.0290. The zero-order valence-corrected chi connectivity index (χ0v) is 10.9. The maximum Gasteiger partial charge on any atom is 0.317 e. The lowest BCUT2D eigenvalue weighted by molar-refractivity contribution is 0.195. The summed E-state index contributed by atoms with van der Waals surface area (Å²) in [5, 5.41) is 2.95. The van der Waals surface area contributed by atoms with Gasteiger partial charge in [0, 0.05) is 25.4 Å². The molecule has 17 heavy (non-hydrogen) atoms. The number of nitrogens with zero attached hydrogens (tertiary/aromatic N) is 1. The van der Waals surface area contributed by atoms with Crippen molar-refractivity contribution >= 4 is 17.8 Å². The molecule has 1 aliphatic heterocycles. The molecule has 92 valence electrons. The van der Waals surface area contributed by atoms with Crippen LogP contribution in [0.25, 0.3) is 0 Å². The molecule has 1 heterocycles. The highest BCUT2D eigenvalue weighted by molar-refractivity contribution is 7.99. The Morgan fingerprint density at radius 3 is 2.88 bits per heavy atom. The first-order valence-corrected chi connectivity index (χ1v) is 7.05. The molecule has 0 saturated carbocycles. The molecule has 1 aliphatic rings. The third-order valence-corrected chi connectivity index (χ3v) is 4.21. The van der Waals surface area contributed by atoms with Crippen molar-refractivity contribution in [3.63, 3.8) is 0 Å². The molecule has 1 unspecified atom stereocenters. The van der Waals surface area contributed by atoms with Gasteiger partial charge in [0.15, 0.2) is 0 Å². The van der Waals surface area contributed by atoms with Gasteiger partial charge in [0.1, 0.15) is 0 Å². The van der Waals surface area contributed by atoms with Gasteiger partial charge in [0.2, 0.25) is 0 Å². The Bertz CT molecular complexity index is 363. The van der Waals surface area contributed by atoms with Gasteiger partial charge in [0.25, 0.3) is 0 Å². The van der Waals surface area contributed by atoms with Crippen LogP contribution in [0.4, 0.5) is 4.79 Å². The Morgan fingerprint density at radius 1 is 1.47 bits per heavy atom. The van der Waals surface area contributed by atoms with Crippen LogP contribution < -0.4 is 5.32 Å². The number of hydrogen-bond donors (Lipinski definition) is 1. The lowest BCUT2D eigenvalue weighted by Gasteiger charge is -2.24. The van der Waals surface area contributed by atoms with Crippen LogP contribution in [0.1, 0.15) is 12.0 Å². The molecule has 0 aromatic heterocycles. The van der Waals surface area contributed by atoms with Crippen LogP contribution in [0, 0.1) is 0 Å². The standard InChI is InChI=1S/C13H18N2OS/c1-15(12-7-8-17-10-12)13(16)14-9-11-5-3-2-4-6-11/h2-6,12H,7-10H2,1H3,(H,14,16). The fourth-order valence-electron chi connectivity index (χ4n) is 1.89. The first-order valence-electron chi connectivity index (χ1n) is 5.89. The monoisotopic (exact) mass is 250 g/mol. The van der Waals surface area contributed by atoms with Crippen molar-refractivity contribution in [2.45, 2.75) is 19.0 Å². The van der Waals surface area contributed by atoms with Gasteiger partial charge in [-0.3, -0.25) is 0 Å². The fourth-order valence-corrected chi connectivity index (χ4v) is 3.16. The summed E-state index contributed by atoms with van der Waals surface area (Å²) in [5.74, 6) is 2.23. The van der Waals surface area contributed by atoms with Gasteiger partial charge in [-0.2, -0.15) is 11.8 Å². The molecule has 1 saturated heterocycles. The summed E-state index contributed by atoms with van der Waals surface area (Å²) in [6, 6.07) is 10.4. The number of carbonyl (C=O) groups excluding carboxylic acids is 1. The molecule has 1 atom stereocenters. The topological polar surface area (TPSA) is 32.3 Å². The average molecular weight is 250 g/mol. The number of urea groups is 1. The van der Waals surface area contributed by atoms with Crippen molar-refractivity contribution in [1.29, 1.82) is 0 Å². The first-order chi connectivity index (χ1) is 8.27. The van der Waals surface area contributed by atoms with Gasteiger partial charge in [-0.25, -0.2) is 4.79 Å². The molecule has 2 amide bonds. The van der Waals surface area contributed by atoms with Gasteiger partial charge in [-0.05, 0) is 17.7 Å². The van der Waals surface area contributed by atoms with E-state index in [0.717, 1.165) is 17.7 Å². The molecule has 0 spiro atoms. The Kier molecular flexibility index (Phi) is 4.31. The smallest absolute Gasteiger partial charge is 0.317 e. The maximum atomic E-state index is 11.9. The van der Waals surface area contributed by atoms with E-state index in [2.05, 4.69) is 5.32 Å². The highest BCUT2D eigenvalue weighted by Crippen LogP contribution is 2.21. The molecule has 0 aliphatic carbocycles. The number of carbonyl (C=O) groups is 1. The normalized spacial score (nSPS) is 19.0. The lowest BCUT2D eigenvalue weighted by atomic mass is 10.2. The van der Waals surface area contributed by atoms with Crippen molar-refractivity contribution in [3.8, 4) is 0 Å². The average Bonchev–Trinajstić information content (AvgIpc) is 2.90. The van der Waals surface area contributed by atoms with Crippen LogP contribution in [-0.4, -0.2) is 35.5 Å². The van der Waals surface area contributed by atoms with Gasteiger partial charge < -0.3 is 10.2 Å². The van der Waals surface area contributed by atoms with E-state index in [-0.39, 0.29) is 6.03 Å². The van der Waals surface area contributed by atoms with Gasteiger partial charge in [-0.15, -0.1) is 0 Å². The fraction of sp³-hybridized carbons (Fsp3) is 0.462. The largest absolute Gasteiger partial charge is 0.334 e. The first kappa shape index (κ1) is 12.3. The van der Waals surface area contributed by atoms with Crippen LogP contribution in [0.2, 0.25) is 0 Å². The summed E-state index contributed by atoms with van der Waals surface area (Å²) in [6.07, 6.45) is 1.11. The lowest BCUT2D eigenvalue weighted by Crippen LogP contribution is -2.43. The minimum Gasteiger partial charge on any atom is -0.334 e. The molecular formula is C13H18N2OS. The highest BCUT2D eigenvalue weighted by Gasteiger charge is 2.23. The second-order valence-electron chi connectivity index (χ2n) is 4.27. The molecule has 2 rings (SSSR count). The number of hydrogen-bond acceptors (Lipinski definition) is 2. The van der Waals surface area contributed by atoms with Crippen molar-refractivity contribution in [1.82, 2.24) is 10.2 Å². The summed E-state index contributed by atoms with van der Waals surface area (Å²) < 4.78 is 0. The zero-order chi connectivity index (χ0) is 12.1. The van der Waals surface area contributed by atoms with Crippen LogP contribution >= 0.6 is 11.8 Å². The van der Waals surface area contributed by atoms with E-state index in [0.29, 0.717) is 12.6 Å². The highest BCUT2D eigenvalue weighted by atomic mass is 32.2. The summed E-state index contributed by atoms with van der Waals surface area (Å²) >= 11 is 1.92. The number of amides is 2. The summed E-state index contributed by atoms with van der Waals surface area (Å²) in [4.78, 5) is 13.7. The van der Waals surface area contributed by atoms with Gasteiger partial charge in [0.05, 0.1) is 0 Å². The predicted octanol–water partition coefficient (Wildman–Crippen LogP) is 2.33. The van der Waals surface area contributed by atoms with Crippen LogP contribution in [0.5, 0.6) is 0 Å². The van der Waals surface area contributed by atoms with Crippen molar-refractivity contribution < 1.29 is 4.79 Å². The molecule has 1 N–H and O–H groups in total. The van der Waals surface area contributed by atoms with E-state index < -0.39 is 0 Å². The van der Waals surface area contributed by atoms with Crippen LogP contribution in [0.3, 0.4) is 0 Å². The SMILES string of the molecule is CN(C(=O)NCc1ccccc1)C1CCSC1. The van der Waals surface area contributed by atoms with Crippen LogP contribution in [-0.2, 0) is 6.54 Å². The molecule has 1 aromatic rings. The van der Waals surface area contributed by atoms with Crippen molar-refractivity contribution in [3.05, 3.63) is 35.9 Å². The predicted molar refractivity (Wildman–Crippen MR) is 72.2 cm³/mol. The summed E-state index contributed by atoms with van der Waals surface area (Å²) in [5.41, 5.74) is 1.13. The maximum absolute atomic E-state index is 11.9. The Morgan fingerprint density at radius 2 is 2.24 bits per heavy atom. The number of benzene rings is 1. The molecule has 0 radical (unpaired) electrons. The van der Waals surface area contributed by atoms with Crippen LogP contribution in [0.15, 0.2) is 30.3 Å². The third kappa shape index (κ3) is 3.40. The van der Waals surface area contributed by atoms with Gasteiger partial charge >= 0.3 is 6.03 Å². The quantitative estimate of drug-likeness (QED) is 0.893. The molecule has 1 aromatic carbocycles. The van der Waals surface area contributed by atoms with Gasteiger partial charge in [-0.1, -0.05) is 30.3 Å². The zero-order valence-electron chi connectivity index (χ0n) is 10.1. The van der Waals surface area contributed by atoms with E-state index in [1.165, 1.54) is 5.75 Å². The minimum atomic E-state index is 0.0290. The van der Waals surface area contributed by atoms with Crippen molar-refractivity contribution in [2.75, 3.05) is 18.6 Å². The Balaban J connectivity index is 1.80. The van der Waals surface area contributed by atoms with E-state index in [1.807, 2.05) is 54.0 Å². The number of rotatable bonds is 3. The summed E-state index contributed by atoms with van der Waals surface area (Å²) in [7, 11) is 1.89. The molecule has 4 heteroatoms. The number of thioether (sulfide) groups is 1. The molecule has 1 fully saturated rings. The van der Waals surface area contributed by atoms with E-state index in [4.69, 9.17) is 0 Å². The molecule has 3 nitrogen and oxygen atoms in total. The Hall–Kier alpha value is -1.16. The Labute approximate surface area is 107 Å². The number of nitrogens with one attached hydrogen (secondary N) is 1. The second-order valence-corrected chi connectivity index (χ2v) is 5.42.